The Labute approximate surface area is 197 Å². The molecule has 0 heterocycles. The van der Waals surface area contributed by atoms with Gasteiger partial charge in [-0.2, -0.15) is 0 Å². The number of ether oxygens (including phenoxy) is 4. The average molecular weight is 477 g/mol. The normalized spacial score (nSPS) is 11.7. The number of amides is 3. The van der Waals surface area contributed by atoms with Crippen LogP contribution in [-0.4, -0.2) is 96.3 Å². The largest absolute Gasteiger partial charge is 0.377 e. The molecule has 0 aliphatic rings. The van der Waals surface area contributed by atoms with Gasteiger partial charge in [0.2, 0.25) is 17.7 Å². The molecule has 0 bridgehead atoms. The highest BCUT2D eigenvalue weighted by Gasteiger charge is 2.04. The molecule has 0 saturated heterocycles. The van der Waals surface area contributed by atoms with Crippen molar-refractivity contribution in [2.45, 2.75) is 52.0 Å². The molecule has 11 heteroatoms. The number of hydrogen-bond acceptors (Lipinski definition) is 8. The highest BCUT2D eigenvalue weighted by atomic mass is 16.5. The van der Waals surface area contributed by atoms with Crippen molar-refractivity contribution in [3.05, 3.63) is 0 Å². The quantitative estimate of drug-likeness (QED) is 0.147. The summed E-state index contributed by atoms with van der Waals surface area (Å²) in [6, 6.07) is 0.0130. The number of unbranched alkanes of at least 4 members (excludes halogenated alkanes) is 2. The van der Waals surface area contributed by atoms with Gasteiger partial charge in [-0.3, -0.25) is 14.4 Å². The molecule has 0 aromatic carbocycles. The summed E-state index contributed by atoms with van der Waals surface area (Å²) in [4.78, 5) is 34.6. The molecular formula is C22H44N4O7. The van der Waals surface area contributed by atoms with Gasteiger partial charge in [0.1, 0.15) is 13.2 Å². The van der Waals surface area contributed by atoms with E-state index in [-0.39, 0.29) is 43.6 Å². The lowest BCUT2D eigenvalue weighted by atomic mass is 10.2. The molecule has 3 amide bonds. The Morgan fingerprint density at radius 2 is 1.18 bits per heavy atom. The highest BCUT2D eigenvalue weighted by molar-refractivity contribution is 5.77. The van der Waals surface area contributed by atoms with Crippen LogP contribution in [0.1, 0.15) is 46.0 Å². The van der Waals surface area contributed by atoms with E-state index in [1.165, 1.54) is 0 Å². The smallest absolute Gasteiger partial charge is 0.246 e. The lowest BCUT2D eigenvalue weighted by molar-refractivity contribution is -0.127. The Balaban J connectivity index is 3.32. The maximum atomic E-state index is 11.6. The van der Waals surface area contributed by atoms with Gasteiger partial charge >= 0.3 is 0 Å². The first-order valence-corrected chi connectivity index (χ1v) is 11.8. The van der Waals surface area contributed by atoms with Gasteiger partial charge in [-0.15, -0.1) is 0 Å². The van der Waals surface area contributed by atoms with Gasteiger partial charge in [0.15, 0.2) is 0 Å². The van der Waals surface area contributed by atoms with Crippen LogP contribution in [0.4, 0.5) is 0 Å². The second kappa shape index (κ2) is 23.4. The van der Waals surface area contributed by atoms with Crippen molar-refractivity contribution in [3.8, 4) is 0 Å². The highest BCUT2D eigenvalue weighted by Crippen LogP contribution is 1.92. The molecule has 0 radical (unpaired) electrons. The second-order valence-corrected chi connectivity index (χ2v) is 7.60. The molecule has 0 aromatic rings. The summed E-state index contributed by atoms with van der Waals surface area (Å²) in [5.74, 6) is -0.402. The molecule has 0 spiro atoms. The fraction of sp³-hybridized carbons (Fsp3) is 0.864. The van der Waals surface area contributed by atoms with Crippen LogP contribution in [0, 0.1) is 0 Å². The number of nitrogens with one attached hydrogen (secondary N) is 3. The maximum Gasteiger partial charge on any atom is 0.246 e. The Bertz CT molecular complexity index is 507. The molecule has 1 atom stereocenters. The molecule has 0 fully saturated rings. The second-order valence-electron chi connectivity index (χ2n) is 7.60. The Hall–Kier alpha value is -1.79. The van der Waals surface area contributed by atoms with Gasteiger partial charge in [0, 0.05) is 32.1 Å². The molecule has 0 aliphatic carbocycles. The number of carbonyl (C=O) groups is 3. The van der Waals surface area contributed by atoms with Crippen molar-refractivity contribution >= 4 is 17.7 Å². The van der Waals surface area contributed by atoms with Gasteiger partial charge < -0.3 is 40.6 Å². The van der Waals surface area contributed by atoms with Crippen LogP contribution in [0.3, 0.4) is 0 Å². The lowest BCUT2D eigenvalue weighted by Crippen LogP contribution is -2.32. The maximum absolute atomic E-state index is 11.6. The van der Waals surface area contributed by atoms with E-state index in [0.29, 0.717) is 65.5 Å². The molecule has 5 N–H and O–H groups in total. The van der Waals surface area contributed by atoms with E-state index in [4.69, 9.17) is 24.7 Å². The number of hydrogen-bond donors (Lipinski definition) is 4. The SMILES string of the molecule is CCCCCNC(=O)COCCOCCNC(=O)COCCOCCNC(=O)CC[C@@H](C)N. The van der Waals surface area contributed by atoms with Crippen molar-refractivity contribution in [1.82, 2.24) is 16.0 Å². The van der Waals surface area contributed by atoms with Crippen molar-refractivity contribution < 1.29 is 33.3 Å². The van der Waals surface area contributed by atoms with E-state index in [1.54, 1.807) is 0 Å². The summed E-state index contributed by atoms with van der Waals surface area (Å²) in [5.41, 5.74) is 5.60. The summed E-state index contributed by atoms with van der Waals surface area (Å²) in [6.45, 7) is 7.41. The van der Waals surface area contributed by atoms with Crippen LogP contribution >= 0.6 is 0 Å². The average Bonchev–Trinajstić information content (AvgIpc) is 2.78. The van der Waals surface area contributed by atoms with E-state index < -0.39 is 0 Å². The monoisotopic (exact) mass is 476 g/mol. The first-order chi connectivity index (χ1) is 16.0. The first kappa shape index (κ1) is 31.2. The molecule has 0 unspecified atom stereocenters. The number of rotatable bonds is 23. The Kier molecular flexibility index (Phi) is 22.1. The molecular weight excluding hydrogens is 432 g/mol. The summed E-state index contributed by atoms with van der Waals surface area (Å²) in [7, 11) is 0. The third kappa shape index (κ3) is 24.7. The minimum Gasteiger partial charge on any atom is -0.377 e. The zero-order chi connectivity index (χ0) is 24.6. The van der Waals surface area contributed by atoms with E-state index in [0.717, 1.165) is 19.3 Å². The van der Waals surface area contributed by atoms with Gasteiger partial charge in [-0.05, 0) is 19.8 Å². The predicted octanol–water partition coefficient (Wildman–Crippen LogP) is -0.281. The molecule has 11 nitrogen and oxygen atoms in total. The topological polar surface area (TPSA) is 150 Å². The van der Waals surface area contributed by atoms with Gasteiger partial charge in [0.25, 0.3) is 0 Å². The molecule has 0 rings (SSSR count). The van der Waals surface area contributed by atoms with Crippen molar-refractivity contribution in [2.24, 2.45) is 5.73 Å². The zero-order valence-electron chi connectivity index (χ0n) is 20.3. The zero-order valence-corrected chi connectivity index (χ0v) is 20.3. The molecule has 0 aliphatic heterocycles. The van der Waals surface area contributed by atoms with E-state index >= 15 is 0 Å². The van der Waals surface area contributed by atoms with Crippen molar-refractivity contribution in [3.63, 3.8) is 0 Å². The standard InChI is InChI=1S/C22H44N4O7/c1-3-4-5-8-24-21(28)17-32-15-14-31-12-10-26-22(29)18-33-16-13-30-11-9-25-20(27)7-6-19(2)23/h19H,3-18,23H2,1-2H3,(H,24,28)(H,25,27)(H,26,29)/t19-/m1/s1. The van der Waals surface area contributed by atoms with Crippen LogP contribution in [0.5, 0.6) is 0 Å². The molecule has 0 saturated carbocycles. The molecule has 33 heavy (non-hydrogen) atoms. The van der Waals surface area contributed by atoms with Crippen molar-refractivity contribution in [2.75, 3.05) is 72.5 Å². The fourth-order valence-electron chi connectivity index (χ4n) is 2.45. The number of nitrogens with two attached hydrogens (primary N) is 1. The third-order valence-electron chi connectivity index (χ3n) is 4.28. The molecule has 0 aromatic heterocycles. The van der Waals surface area contributed by atoms with Gasteiger partial charge in [-0.1, -0.05) is 19.8 Å². The fourth-order valence-corrected chi connectivity index (χ4v) is 2.45. The Morgan fingerprint density at radius 1 is 0.697 bits per heavy atom. The van der Waals surface area contributed by atoms with Crippen LogP contribution in [-0.2, 0) is 33.3 Å². The van der Waals surface area contributed by atoms with Crippen LogP contribution in [0.15, 0.2) is 0 Å². The summed E-state index contributed by atoms with van der Waals surface area (Å²) >= 11 is 0. The van der Waals surface area contributed by atoms with Crippen molar-refractivity contribution in [1.29, 1.82) is 0 Å². The van der Waals surface area contributed by atoms with Crippen LogP contribution in [0.25, 0.3) is 0 Å². The predicted molar refractivity (Wildman–Crippen MR) is 125 cm³/mol. The minimum atomic E-state index is -0.240. The van der Waals surface area contributed by atoms with Crippen LogP contribution in [0.2, 0.25) is 0 Å². The summed E-state index contributed by atoms with van der Waals surface area (Å²) in [5, 5.41) is 8.22. The third-order valence-corrected chi connectivity index (χ3v) is 4.28. The van der Waals surface area contributed by atoms with Crippen LogP contribution < -0.4 is 21.7 Å². The summed E-state index contributed by atoms with van der Waals surface area (Å²) in [6.07, 6.45) is 4.26. The van der Waals surface area contributed by atoms with E-state index in [1.807, 2.05) is 6.92 Å². The van der Waals surface area contributed by atoms with Gasteiger partial charge in [-0.25, -0.2) is 0 Å². The summed E-state index contributed by atoms with van der Waals surface area (Å²) < 4.78 is 21.1. The van der Waals surface area contributed by atoms with Gasteiger partial charge in [0.05, 0.1) is 39.6 Å². The van der Waals surface area contributed by atoms with E-state index in [2.05, 4.69) is 22.9 Å². The molecule has 194 valence electrons. The lowest BCUT2D eigenvalue weighted by Gasteiger charge is -2.09. The number of carbonyl (C=O) groups excluding carboxylic acids is 3. The Morgan fingerprint density at radius 3 is 1.70 bits per heavy atom. The minimum absolute atomic E-state index is 0.0130. The van der Waals surface area contributed by atoms with E-state index in [9.17, 15) is 14.4 Å². The first-order valence-electron chi connectivity index (χ1n) is 11.8.